The number of hydrogen-bond donors (Lipinski definition) is 1. The van der Waals surface area contributed by atoms with Crippen LogP contribution in [0.15, 0.2) is 35.7 Å². The van der Waals surface area contributed by atoms with E-state index in [4.69, 9.17) is 0 Å². The van der Waals surface area contributed by atoms with Gasteiger partial charge in [0.2, 0.25) is 0 Å². The zero-order chi connectivity index (χ0) is 17.3. The van der Waals surface area contributed by atoms with E-state index in [0.29, 0.717) is 10.4 Å². The van der Waals surface area contributed by atoms with Crippen molar-refractivity contribution in [2.45, 2.75) is 25.4 Å². The number of Topliss-reactive ketones (excluding diaryl/α,β-unsaturated/α-hetero) is 1. The molecule has 2 heterocycles. The van der Waals surface area contributed by atoms with Crippen LogP contribution in [0.4, 0.5) is 4.39 Å². The molecule has 1 fully saturated rings. The third kappa shape index (κ3) is 3.39. The lowest BCUT2D eigenvalue weighted by molar-refractivity contribution is 0.0931. The molecule has 0 saturated carbocycles. The van der Waals surface area contributed by atoms with Crippen molar-refractivity contribution in [3.8, 4) is 0 Å². The summed E-state index contributed by atoms with van der Waals surface area (Å²) in [6, 6.07) is 8.02. The van der Waals surface area contributed by atoms with Crippen LogP contribution in [0.2, 0.25) is 0 Å². The van der Waals surface area contributed by atoms with Crippen molar-refractivity contribution in [3.05, 3.63) is 57.5 Å². The highest BCUT2D eigenvalue weighted by Gasteiger charge is 2.34. The molecule has 2 atom stereocenters. The predicted molar refractivity (Wildman–Crippen MR) is 92.0 cm³/mol. The van der Waals surface area contributed by atoms with Crippen molar-refractivity contribution in [1.29, 1.82) is 0 Å². The van der Waals surface area contributed by atoms with E-state index in [-0.39, 0.29) is 29.6 Å². The molecule has 0 bridgehead atoms. The van der Waals surface area contributed by atoms with Gasteiger partial charge in [0.1, 0.15) is 5.82 Å². The summed E-state index contributed by atoms with van der Waals surface area (Å²) >= 11 is 1.27. The van der Waals surface area contributed by atoms with Crippen LogP contribution >= 0.6 is 11.3 Å². The van der Waals surface area contributed by atoms with Crippen molar-refractivity contribution in [2.24, 2.45) is 0 Å². The Morgan fingerprint density at radius 3 is 2.62 bits per heavy atom. The smallest absolute Gasteiger partial charge is 0.261 e. The fourth-order valence-corrected chi connectivity index (χ4v) is 3.97. The summed E-state index contributed by atoms with van der Waals surface area (Å²) in [5.74, 6) is -0.481. The summed E-state index contributed by atoms with van der Waals surface area (Å²) in [4.78, 5) is 26.5. The maximum atomic E-state index is 13.2. The molecule has 0 unspecified atom stereocenters. The van der Waals surface area contributed by atoms with Gasteiger partial charge < -0.3 is 5.32 Å². The normalized spacial score (nSPS) is 21.0. The lowest BCUT2D eigenvalue weighted by Gasteiger charge is -2.26. The van der Waals surface area contributed by atoms with Crippen molar-refractivity contribution in [3.63, 3.8) is 0 Å². The van der Waals surface area contributed by atoms with Gasteiger partial charge in [-0.3, -0.25) is 14.5 Å². The number of carbonyl (C=O) groups excluding carboxylic acids is 2. The van der Waals surface area contributed by atoms with Crippen LogP contribution in [0.1, 0.15) is 45.0 Å². The molecular weight excluding hydrogens is 327 g/mol. The van der Waals surface area contributed by atoms with Crippen molar-refractivity contribution in [1.82, 2.24) is 10.2 Å². The number of likely N-dealkylation sites (N-methyl/N-ethyl adjacent to an activating group) is 1. The average Bonchev–Trinajstić information content (AvgIpc) is 3.16. The number of nitrogens with one attached hydrogen (secondary N) is 1. The lowest BCUT2D eigenvalue weighted by Crippen LogP contribution is -2.38. The van der Waals surface area contributed by atoms with Crippen LogP contribution in [0, 0.1) is 5.82 Å². The Hall–Kier alpha value is -2.05. The minimum absolute atomic E-state index is 0.0155. The first-order valence-electron chi connectivity index (χ1n) is 7.82. The monoisotopic (exact) mass is 346 g/mol. The van der Waals surface area contributed by atoms with E-state index in [2.05, 4.69) is 10.2 Å². The Morgan fingerprint density at radius 1 is 1.29 bits per heavy atom. The SMILES string of the molecule is CC(=O)c1csc(C(=O)N[C@H]2CCN(C)[C@@H]2c2ccc(F)cc2)c1. The minimum atomic E-state index is -0.268. The summed E-state index contributed by atoms with van der Waals surface area (Å²) in [6.45, 7) is 2.34. The van der Waals surface area contributed by atoms with E-state index in [1.807, 2.05) is 7.05 Å². The third-order valence-electron chi connectivity index (χ3n) is 4.41. The zero-order valence-electron chi connectivity index (χ0n) is 13.6. The Kier molecular flexibility index (Phi) is 4.78. The van der Waals surface area contributed by atoms with Crippen LogP contribution in [0.3, 0.4) is 0 Å². The highest BCUT2D eigenvalue weighted by Crippen LogP contribution is 2.31. The van der Waals surface area contributed by atoms with E-state index in [1.54, 1.807) is 23.6 Å². The number of ketones is 1. The Balaban J connectivity index is 1.76. The standard InChI is InChI=1S/C18H19FN2O2S/c1-11(22)13-9-16(24-10-13)18(23)20-15-7-8-21(2)17(15)12-3-5-14(19)6-4-12/h3-6,9-10,15,17H,7-8H2,1-2H3,(H,20,23)/t15-,17+/m0/s1. The van der Waals surface area contributed by atoms with E-state index in [9.17, 15) is 14.0 Å². The van der Waals surface area contributed by atoms with Gasteiger partial charge >= 0.3 is 0 Å². The van der Waals surface area contributed by atoms with Crippen LogP contribution < -0.4 is 5.32 Å². The molecule has 1 saturated heterocycles. The molecule has 1 aromatic heterocycles. The third-order valence-corrected chi connectivity index (χ3v) is 5.34. The number of benzene rings is 1. The quantitative estimate of drug-likeness (QED) is 0.865. The molecule has 1 N–H and O–H groups in total. The highest BCUT2D eigenvalue weighted by molar-refractivity contribution is 7.12. The molecule has 126 valence electrons. The summed E-state index contributed by atoms with van der Waals surface area (Å²) in [5, 5.41) is 4.77. The number of nitrogens with zero attached hydrogens (tertiary/aromatic N) is 1. The first-order valence-corrected chi connectivity index (χ1v) is 8.69. The molecule has 0 spiro atoms. The predicted octanol–water partition coefficient (Wildman–Crippen LogP) is 3.27. The number of amides is 1. The van der Waals surface area contributed by atoms with Crippen molar-refractivity contribution in [2.75, 3.05) is 13.6 Å². The molecule has 0 radical (unpaired) electrons. The summed E-state index contributed by atoms with van der Waals surface area (Å²) < 4.78 is 13.2. The molecule has 4 nitrogen and oxygen atoms in total. The van der Waals surface area contributed by atoms with Crippen LogP contribution in [0.5, 0.6) is 0 Å². The Bertz CT molecular complexity index is 757. The number of thiophene rings is 1. The second-order valence-corrected chi connectivity index (χ2v) is 7.01. The molecule has 1 amide bonds. The molecule has 2 aromatic rings. The molecule has 0 aliphatic carbocycles. The summed E-state index contributed by atoms with van der Waals surface area (Å²) in [5.41, 5.74) is 1.54. The largest absolute Gasteiger partial charge is 0.347 e. The van der Waals surface area contributed by atoms with Gasteiger partial charge in [-0.05, 0) is 44.2 Å². The minimum Gasteiger partial charge on any atom is -0.347 e. The van der Waals surface area contributed by atoms with Gasteiger partial charge in [-0.2, -0.15) is 0 Å². The van der Waals surface area contributed by atoms with Crippen LogP contribution in [-0.2, 0) is 0 Å². The lowest BCUT2D eigenvalue weighted by atomic mass is 10.00. The summed E-state index contributed by atoms with van der Waals surface area (Å²) in [7, 11) is 2.00. The average molecular weight is 346 g/mol. The Labute approximate surface area is 144 Å². The first kappa shape index (κ1) is 16.8. The first-order chi connectivity index (χ1) is 11.5. The van der Waals surface area contributed by atoms with Gasteiger partial charge in [-0.1, -0.05) is 12.1 Å². The van der Waals surface area contributed by atoms with Gasteiger partial charge in [0.25, 0.3) is 5.91 Å². The molecular formula is C18H19FN2O2S. The van der Waals surface area contributed by atoms with Gasteiger partial charge in [0.05, 0.1) is 17.0 Å². The maximum absolute atomic E-state index is 13.2. The fourth-order valence-electron chi connectivity index (χ4n) is 3.12. The highest BCUT2D eigenvalue weighted by atomic mass is 32.1. The van der Waals surface area contributed by atoms with E-state index >= 15 is 0 Å². The molecule has 24 heavy (non-hydrogen) atoms. The molecule has 1 aliphatic heterocycles. The van der Waals surface area contributed by atoms with E-state index < -0.39 is 0 Å². The number of rotatable bonds is 4. The van der Waals surface area contributed by atoms with E-state index in [0.717, 1.165) is 18.5 Å². The zero-order valence-corrected chi connectivity index (χ0v) is 14.4. The molecule has 1 aromatic carbocycles. The second kappa shape index (κ2) is 6.83. The number of likely N-dealkylation sites (tertiary alicyclic amines) is 1. The molecule has 3 rings (SSSR count). The van der Waals surface area contributed by atoms with Crippen molar-refractivity contribution >= 4 is 23.0 Å². The van der Waals surface area contributed by atoms with Gasteiger partial charge in [0, 0.05) is 17.5 Å². The van der Waals surface area contributed by atoms with Crippen molar-refractivity contribution < 1.29 is 14.0 Å². The van der Waals surface area contributed by atoms with Gasteiger partial charge in [0.15, 0.2) is 5.78 Å². The van der Waals surface area contributed by atoms with Crippen LogP contribution in [0.25, 0.3) is 0 Å². The van der Waals surface area contributed by atoms with Crippen LogP contribution in [-0.4, -0.2) is 36.2 Å². The molecule has 6 heteroatoms. The van der Waals surface area contributed by atoms with Gasteiger partial charge in [-0.15, -0.1) is 11.3 Å². The topological polar surface area (TPSA) is 49.4 Å². The fraction of sp³-hybridized carbons (Fsp3) is 0.333. The maximum Gasteiger partial charge on any atom is 0.261 e. The number of hydrogen-bond acceptors (Lipinski definition) is 4. The molecule has 1 aliphatic rings. The Morgan fingerprint density at radius 2 is 2.00 bits per heavy atom. The van der Waals surface area contributed by atoms with E-state index in [1.165, 1.54) is 30.4 Å². The second-order valence-electron chi connectivity index (χ2n) is 6.10. The number of carbonyl (C=O) groups is 2. The summed E-state index contributed by atoms with van der Waals surface area (Å²) in [6.07, 6.45) is 0.829. The number of halogens is 1. The van der Waals surface area contributed by atoms with Gasteiger partial charge in [-0.25, -0.2) is 4.39 Å².